The summed E-state index contributed by atoms with van der Waals surface area (Å²) in [5.74, 6) is -0.285. The Bertz CT molecular complexity index is 343. The van der Waals surface area contributed by atoms with E-state index in [4.69, 9.17) is 4.74 Å². The average Bonchev–Trinajstić information content (AvgIpc) is 2.48. The Kier molecular flexibility index (Phi) is 15.8. The van der Waals surface area contributed by atoms with Crippen LogP contribution in [0, 0.1) is 0 Å². The number of halogens is 1. The second kappa shape index (κ2) is 14.8. The molecule has 0 aromatic heterocycles. The van der Waals surface area contributed by atoms with Crippen LogP contribution in [0.5, 0.6) is 0 Å². The Morgan fingerprint density at radius 1 is 0.958 bits per heavy atom. The lowest BCUT2D eigenvalue weighted by Crippen LogP contribution is -3.00. The van der Waals surface area contributed by atoms with Crippen molar-refractivity contribution >= 4 is 5.97 Å². The van der Waals surface area contributed by atoms with Crippen LogP contribution >= 0.6 is 0 Å². The lowest BCUT2D eigenvalue weighted by atomic mass is 10.1. The Hall–Kier alpha value is -0.540. The predicted molar refractivity (Wildman–Crippen MR) is 99.2 cm³/mol. The van der Waals surface area contributed by atoms with Gasteiger partial charge in [-0.2, -0.15) is 0 Å². The minimum atomic E-state index is -0.285. The molecular formula is C20H40ClNO2. The van der Waals surface area contributed by atoms with Gasteiger partial charge in [-0.25, -0.2) is 4.79 Å². The van der Waals surface area contributed by atoms with Crippen LogP contribution in [-0.2, 0) is 9.53 Å². The Labute approximate surface area is 156 Å². The summed E-state index contributed by atoms with van der Waals surface area (Å²) in [4.78, 5) is 11.6. The minimum Gasteiger partial charge on any atom is -1.00 e. The molecule has 0 aromatic rings. The highest BCUT2D eigenvalue weighted by Crippen LogP contribution is 2.14. The number of esters is 1. The van der Waals surface area contributed by atoms with E-state index in [0.717, 1.165) is 11.0 Å². The van der Waals surface area contributed by atoms with Crippen molar-refractivity contribution in [3.05, 3.63) is 12.2 Å². The molecule has 0 saturated carbocycles. The standard InChI is InChI=1S/C20H40NO2.ClH/c1-7-8-9-10-11-12-13-14-15-16-17-21(5,6)19(4)23-20(22)18(2)3;/h19H,2,7-17H2,1,3-6H3;1H/q+1;/p-1. The molecule has 144 valence electrons. The topological polar surface area (TPSA) is 26.3 Å². The highest BCUT2D eigenvalue weighted by molar-refractivity contribution is 5.86. The van der Waals surface area contributed by atoms with Crippen molar-refractivity contribution in [1.82, 2.24) is 0 Å². The van der Waals surface area contributed by atoms with Gasteiger partial charge in [0.25, 0.3) is 0 Å². The number of carbonyl (C=O) groups is 1. The highest BCUT2D eigenvalue weighted by Gasteiger charge is 2.26. The van der Waals surface area contributed by atoms with E-state index in [1.807, 2.05) is 6.92 Å². The zero-order valence-electron chi connectivity index (χ0n) is 16.7. The maximum Gasteiger partial charge on any atom is 0.337 e. The van der Waals surface area contributed by atoms with Gasteiger partial charge in [0.15, 0.2) is 0 Å². The average molecular weight is 362 g/mol. The van der Waals surface area contributed by atoms with Gasteiger partial charge in [0.2, 0.25) is 6.23 Å². The van der Waals surface area contributed by atoms with Gasteiger partial charge in [0.1, 0.15) is 0 Å². The molecule has 0 aromatic carbocycles. The summed E-state index contributed by atoms with van der Waals surface area (Å²) >= 11 is 0. The summed E-state index contributed by atoms with van der Waals surface area (Å²) in [7, 11) is 4.26. The number of carbonyl (C=O) groups excluding carboxylic acids is 1. The third kappa shape index (κ3) is 12.8. The van der Waals surface area contributed by atoms with E-state index in [1.165, 1.54) is 64.2 Å². The van der Waals surface area contributed by atoms with E-state index in [2.05, 4.69) is 27.6 Å². The lowest BCUT2D eigenvalue weighted by molar-refractivity contribution is -0.932. The molecule has 0 saturated heterocycles. The molecule has 0 aliphatic heterocycles. The molecule has 1 atom stereocenters. The Morgan fingerprint density at radius 2 is 1.38 bits per heavy atom. The molecule has 0 radical (unpaired) electrons. The normalized spacial score (nSPS) is 12.4. The second-order valence-corrected chi connectivity index (χ2v) is 7.47. The number of quaternary nitrogens is 1. The maximum absolute atomic E-state index is 11.6. The van der Waals surface area contributed by atoms with Gasteiger partial charge in [0.05, 0.1) is 20.6 Å². The van der Waals surface area contributed by atoms with Crippen LogP contribution in [0.3, 0.4) is 0 Å². The monoisotopic (exact) mass is 361 g/mol. The molecule has 0 N–H and O–H groups in total. The summed E-state index contributed by atoms with van der Waals surface area (Å²) in [6.45, 7) is 10.6. The summed E-state index contributed by atoms with van der Waals surface area (Å²) in [5, 5.41) is 0. The fourth-order valence-corrected chi connectivity index (χ4v) is 2.59. The van der Waals surface area contributed by atoms with Crippen LogP contribution in [0.25, 0.3) is 0 Å². The van der Waals surface area contributed by atoms with Crippen molar-refractivity contribution in [3.8, 4) is 0 Å². The van der Waals surface area contributed by atoms with Crippen LogP contribution < -0.4 is 12.4 Å². The van der Waals surface area contributed by atoms with Crippen LogP contribution in [0.1, 0.15) is 85.0 Å². The van der Waals surface area contributed by atoms with Gasteiger partial charge < -0.3 is 17.1 Å². The van der Waals surface area contributed by atoms with E-state index in [0.29, 0.717) is 5.57 Å². The lowest BCUT2D eigenvalue weighted by Gasteiger charge is -2.35. The van der Waals surface area contributed by atoms with Crippen molar-refractivity contribution in [1.29, 1.82) is 0 Å². The molecule has 0 aliphatic rings. The molecule has 0 aliphatic carbocycles. The van der Waals surface area contributed by atoms with E-state index < -0.39 is 0 Å². The zero-order valence-corrected chi connectivity index (χ0v) is 17.5. The molecule has 0 bridgehead atoms. The SMILES string of the molecule is C=C(C)C(=O)OC(C)[N+](C)(C)CCCCCCCCCCCC.[Cl-]. The summed E-state index contributed by atoms with van der Waals surface area (Å²) < 4.78 is 6.17. The van der Waals surface area contributed by atoms with Crippen molar-refractivity contribution in [2.24, 2.45) is 0 Å². The molecule has 1 unspecified atom stereocenters. The Balaban J connectivity index is 0. The smallest absolute Gasteiger partial charge is 0.337 e. The zero-order chi connectivity index (χ0) is 17.7. The van der Waals surface area contributed by atoms with E-state index >= 15 is 0 Å². The van der Waals surface area contributed by atoms with Crippen LogP contribution in [0.15, 0.2) is 12.2 Å². The van der Waals surface area contributed by atoms with Crippen LogP contribution in [0.4, 0.5) is 0 Å². The van der Waals surface area contributed by atoms with E-state index in [-0.39, 0.29) is 24.6 Å². The molecule has 0 heterocycles. The number of unbranched alkanes of at least 4 members (excludes halogenated alkanes) is 9. The molecule has 4 heteroatoms. The van der Waals surface area contributed by atoms with Crippen LogP contribution in [0.2, 0.25) is 0 Å². The maximum atomic E-state index is 11.6. The summed E-state index contributed by atoms with van der Waals surface area (Å²) in [6.07, 6.45) is 13.3. The summed E-state index contributed by atoms with van der Waals surface area (Å²) in [5.41, 5.74) is 0.468. The number of rotatable bonds is 14. The molecular weight excluding hydrogens is 322 g/mol. The molecule has 3 nitrogen and oxygen atoms in total. The first kappa shape index (κ1) is 25.7. The van der Waals surface area contributed by atoms with Gasteiger partial charge in [-0.05, 0) is 19.8 Å². The first-order valence-electron chi connectivity index (χ1n) is 9.50. The van der Waals surface area contributed by atoms with Gasteiger partial charge in [-0.15, -0.1) is 0 Å². The molecule has 24 heavy (non-hydrogen) atoms. The first-order chi connectivity index (χ1) is 10.8. The molecule has 0 fully saturated rings. The quantitative estimate of drug-likeness (QED) is 0.156. The molecule has 0 amide bonds. The van der Waals surface area contributed by atoms with Gasteiger partial charge in [-0.1, -0.05) is 64.9 Å². The van der Waals surface area contributed by atoms with E-state index in [1.54, 1.807) is 6.92 Å². The number of nitrogens with zero attached hydrogens (tertiary/aromatic N) is 1. The van der Waals surface area contributed by atoms with Gasteiger partial charge >= 0.3 is 5.97 Å². The third-order valence-electron chi connectivity index (χ3n) is 4.70. The van der Waals surface area contributed by atoms with Gasteiger partial charge in [0, 0.05) is 12.5 Å². The van der Waals surface area contributed by atoms with Crippen molar-refractivity contribution in [2.45, 2.75) is 91.2 Å². The number of hydrogen-bond donors (Lipinski definition) is 0. The number of ether oxygens (including phenoxy) is 1. The fraction of sp³-hybridized carbons (Fsp3) is 0.850. The molecule has 0 rings (SSSR count). The van der Waals surface area contributed by atoms with Gasteiger partial charge in [-0.3, -0.25) is 4.48 Å². The van der Waals surface area contributed by atoms with Crippen molar-refractivity contribution in [2.75, 3.05) is 20.6 Å². The fourth-order valence-electron chi connectivity index (χ4n) is 2.59. The third-order valence-corrected chi connectivity index (χ3v) is 4.70. The second-order valence-electron chi connectivity index (χ2n) is 7.47. The highest BCUT2D eigenvalue weighted by atomic mass is 35.5. The minimum absolute atomic E-state index is 0. The van der Waals surface area contributed by atoms with Crippen LogP contribution in [-0.4, -0.2) is 37.3 Å². The molecule has 0 spiro atoms. The number of hydrogen-bond acceptors (Lipinski definition) is 2. The largest absolute Gasteiger partial charge is 1.00 e. The predicted octanol–water partition coefficient (Wildman–Crippen LogP) is 2.45. The Morgan fingerprint density at radius 3 is 1.79 bits per heavy atom. The van der Waals surface area contributed by atoms with Crippen molar-refractivity contribution in [3.63, 3.8) is 0 Å². The van der Waals surface area contributed by atoms with E-state index in [9.17, 15) is 4.79 Å². The first-order valence-corrected chi connectivity index (χ1v) is 9.50. The van der Waals surface area contributed by atoms with Crippen molar-refractivity contribution < 1.29 is 26.4 Å². The summed E-state index contributed by atoms with van der Waals surface area (Å²) in [6, 6.07) is 0.